The molecule has 154 valence electrons. The minimum Gasteiger partial charge on any atom is -0.517 e. The quantitative estimate of drug-likeness (QED) is 0.128. The molecule has 2 nitrogen and oxygen atoms in total. The van der Waals surface area contributed by atoms with Gasteiger partial charge < -0.3 is 4.43 Å². The third-order valence-electron chi connectivity index (χ3n) is 5.18. The SMILES string of the molecule is C=CC(=O)O[Si](C)(C)CCCCCCCCCCCCCCCCCC. The fourth-order valence-corrected chi connectivity index (χ4v) is 5.30. The standard InChI is InChI=1S/C23H46O2Si/c1-5-7-8-9-10-11-12-13-14-15-16-17-18-19-20-21-22-26(3,4)25-23(24)6-2/h6H,2,5,7-22H2,1,3-4H3. The van der Waals surface area contributed by atoms with Gasteiger partial charge in [0.05, 0.1) is 0 Å². The van der Waals surface area contributed by atoms with Gasteiger partial charge in [0.1, 0.15) is 0 Å². The van der Waals surface area contributed by atoms with Gasteiger partial charge in [-0.15, -0.1) is 0 Å². The molecule has 0 spiro atoms. The minimum absolute atomic E-state index is 0.252. The van der Waals surface area contributed by atoms with Crippen LogP contribution in [0.25, 0.3) is 0 Å². The summed E-state index contributed by atoms with van der Waals surface area (Å²) >= 11 is 0. The van der Waals surface area contributed by atoms with Crippen molar-refractivity contribution in [3.05, 3.63) is 12.7 Å². The van der Waals surface area contributed by atoms with Crippen LogP contribution in [0.5, 0.6) is 0 Å². The van der Waals surface area contributed by atoms with Crippen molar-refractivity contribution in [2.24, 2.45) is 0 Å². The number of hydrogen-bond acceptors (Lipinski definition) is 2. The van der Waals surface area contributed by atoms with E-state index in [1.54, 1.807) is 0 Å². The summed E-state index contributed by atoms with van der Waals surface area (Å²) in [6.45, 7) is 10.0. The normalized spacial score (nSPS) is 11.5. The summed E-state index contributed by atoms with van der Waals surface area (Å²) in [6, 6.07) is 1.07. The molecule has 0 N–H and O–H groups in total. The van der Waals surface area contributed by atoms with E-state index in [0.717, 1.165) is 6.04 Å². The lowest BCUT2D eigenvalue weighted by molar-refractivity contribution is -0.129. The first-order valence-electron chi connectivity index (χ1n) is 11.4. The van der Waals surface area contributed by atoms with Crippen molar-refractivity contribution in [1.29, 1.82) is 0 Å². The molecule has 26 heavy (non-hydrogen) atoms. The van der Waals surface area contributed by atoms with Gasteiger partial charge in [0.25, 0.3) is 0 Å². The predicted octanol–water partition coefficient (Wildman–Crippen LogP) is 8.18. The van der Waals surface area contributed by atoms with E-state index in [2.05, 4.69) is 26.6 Å². The average molecular weight is 383 g/mol. The summed E-state index contributed by atoms with van der Waals surface area (Å²) in [5, 5.41) is 0. The summed E-state index contributed by atoms with van der Waals surface area (Å²) in [4.78, 5) is 11.3. The van der Waals surface area contributed by atoms with Crippen molar-refractivity contribution in [3.8, 4) is 0 Å². The Morgan fingerprint density at radius 1 is 0.731 bits per heavy atom. The van der Waals surface area contributed by atoms with Crippen LogP contribution in [0.2, 0.25) is 19.1 Å². The number of unbranched alkanes of at least 4 members (excludes halogenated alkanes) is 15. The van der Waals surface area contributed by atoms with Crippen LogP contribution in [-0.2, 0) is 9.22 Å². The Morgan fingerprint density at radius 3 is 1.42 bits per heavy atom. The van der Waals surface area contributed by atoms with E-state index in [0.29, 0.717) is 0 Å². The maximum atomic E-state index is 11.3. The van der Waals surface area contributed by atoms with Crippen LogP contribution >= 0.6 is 0 Å². The summed E-state index contributed by atoms with van der Waals surface area (Å²) in [5.41, 5.74) is 0. The minimum atomic E-state index is -1.82. The van der Waals surface area contributed by atoms with Gasteiger partial charge in [-0.05, 0) is 19.1 Å². The molecule has 0 aliphatic carbocycles. The maximum absolute atomic E-state index is 11.3. The van der Waals surface area contributed by atoms with Crippen LogP contribution in [0.15, 0.2) is 12.7 Å². The highest BCUT2D eigenvalue weighted by atomic mass is 28.4. The van der Waals surface area contributed by atoms with Gasteiger partial charge in [-0.1, -0.05) is 116 Å². The topological polar surface area (TPSA) is 26.3 Å². The number of carbonyl (C=O) groups is 1. The Morgan fingerprint density at radius 2 is 1.08 bits per heavy atom. The van der Waals surface area contributed by atoms with Gasteiger partial charge >= 0.3 is 5.97 Å². The second-order valence-electron chi connectivity index (χ2n) is 8.44. The van der Waals surface area contributed by atoms with E-state index in [9.17, 15) is 4.79 Å². The highest BCUT2D eigenvalue weighted by Gasteiger charge is 2.25. The van der Waals surface area contributed by atoms with E-state index in [1.807, 2.05) is 0 Å². The van der Waals surface area contributed by atoms with Crippen LogP contribution < -0.4 is 0 Å². The molecule has 0 aromatic heterocycles. The molecule has 3 heteroatoms. The molecule has 0 fully saturated rings. The molecule has 0 aliphatic rings. The zero-order chi connectivity index (χ0) is 19.5. The molecule has 0 rings (SSSR count). The Kier molecular flexibility index (Phi) is 17.4. The molecule has 0 bridgehead atoms. The Labute approximate surface area is 165 Å². The van der Waals surface area contributed by atoms with Crippen LogP contribution in [0.4, 0.5) is 0 Å². The number of carbonyl (C=O) groups excluding carboxylic acids is 1. The van der Waals surface area contributed by atoms with E-state index < -0.39 is 8.32 Å². The first-order valence-corrected chi connectivity index (χ1v) is 14.5. The van der Waals surface area contributed by atoms with Crippen LogP contribution in [0.3, 0.4) is 0 Å². The van der Waals surface area contributed by atoms with Gasteiger partial charge in [0.15, 0.2) is 0 Å². The van der Waals surface area contributed by atoms with Gasteiger partial charge in [0, 0.05) is 6.08 Å². The van der Waals surface area contributed by atoms with E-state index in [4.69, 9.17) is 4.43 Å². The third-order valence-corrected chi connectivity index (χ3v) is 7.49. The second kappa shape index (κ2) is 17.8. The van der Waals surface area contributed by atoms with Gasteiger partial charge in [0.2, 0.25) is 8.32 Å². The summed E-state index contributed by atoms with van der Waals surface area (Å²) in [7, 11) is -1.82. The fraction of sp³-hybridized carbons (Fsp3) is 0.870. The highest BCUT2D eigenvalue weighted by molar-refractivity contribution is 6.72. The number of rotatable bonds is 19. The zero-order valence-corrected chi connectivity index (χ0v) is 19.1. The van der Waals surface area contributed by atoms with Crippen molar-refractivity contribution >= 4 is 14.3 Å². The van der Waals surface area contributed by atoms with Crippen molar-refractivity contribution < 1.29 is 9.22 Å². The fourth-order valence-electron chi connectivity index (χ4n) is 3.46. The largest absolute Gasteiger partial charge is 0.517 e. The van der Waals surface area contributed by atoms with Gasteiger partial charge in [-0.2, -0.15) is 0 Å². The van der Waals surface area contributed by atoms with Crippen molar-refractivity contribution in [1.82, 2.24) is 0 Å². The number of hydrogen-bond donors (Lipinski definition) is 0. The molecule has 0 amide bonds. The summed E-state index contributed by atoms with van der Waals surface area (Å²) in [5.74, 6) is -0.252. The van der Waals surface area contributed by atoms with E-state index in [1.165, 1.54) is 109 Å². The molecule has 0 saturated heterocycles. The molecule has 0 aromatic rings. The second-order valence-corrected chi connectivity index (χ2v) is 12.7. The smallest absolute Gasteiger partial charge is 0.316 e. The lowest BCUT2D eigenvalue weighted by Gasteiger charge is -2.21. The molecule has 0 atom stereocenters. The Bertz CT molecular complexity index is 339. The molecule has 0 saturated carbocycles. The Balaban J connectivity index is 3.24. The molecule has 0 radical (unpaired) electrons. The van der Waals surface area contributed by atoms with Crippen LogP contribution in [0.1, 0.15) is 110 Å². The van der Waals surface area contributed by atoms with Gasteiger partial charge in [-0.3, -0.25) is 0 Å². The van der Waals surface area contributed by atoms with Crippen molar-refractivity contribution in [3.63, 3.8) is 0 Å². The molecular formula is C23H46O2Si. The molecular weight excluding hydrogens is 336 g/mol. The Hall–Kier alpha value is -0.573. The van der Waals surface area contributed by atoms with Crippen molar-refractivity contribution in [2.75, 3.05) is 0 Å². The average Bonchev–Trinajstić information content (AvgIpc) is 2.60. The predicted molar refractivity (Wildman–Crippen MR) is 118 cm³/mol. The molecule has 0 unspecified atom stereocenters. The lowest BCUT2D eigenvalue weighted by atomic mass is 10.0. The lowest BCUT2D eigenvalue weighted by Crippen LogP contribution is -2.32. The monoisotopic (exact) mass is 382 g/mol. The van der Waals surface area contributed by atoms with Gasteiger partial charge in [-0.25, -0.2) is 4.79 Å². The third kappa shape index (κ3) is 18.2. The summed E-state index contributed by atoms with van der Waals surface area (Å²) in [6.07, 6.45) is 23.6. The maximum Gasteiger partial charge on any atom is 0.316 e. The van der Waals surface area contributed by atoms with E-state index in [-0.39, 0.29) is 5.97 Å². The van der Waals surface area contributed by atoms with Crippen LogP contribution in [0, 0.1) is 0 Å². The van der Waals surface area contributed by atoms with Crippen molar-refractivity contribution in [2.45, 2.75) is 129 Å². The highest BCUT2D eigenvalue weighted by Crippen LogP contribution is 2.18. The first kappa shape index (κ1) is 25.4. The molecule has 0 aliphatic heterocycles. The van der Waals surface area contributed by atoms with Crippen LogP contribution in [-0.4, -0.2) is 14.3 Å². The first-order chi connectivity index (χ1) is 12.5. The van der Waals surface area contributed by atoms with E-state index >= 15 is 0 Å². The molecule has 0 heterocycles. The summed E-state index contributed by atoms with van der Waals surface area (Å²) < 4.78 is 5.49. The molecule has 0 aromatic carbocycles. The zero-order valence-electron chi connectivity index (χ0n) is 18.1.